The molecule has 0 bridgehead atoms. The normalized spacial score (nSPS) is 24.9. The Balaban J connectivity index is 1.26. The maximum absolute atomic E-state index is 13.4. The molecule has 1 unspecified atom stereocenters. The third-order valence-corrected chi connectivity index (χ3v) is 5.59. The first-order valence-electron chi connectivity index (χ1n) is 9.59. The Morgan fingerprint density at radius 1 is 1.39 bits per heavy atom. The molecule has 166 valence electrons. The molecule has 0 saturated heterocycles. The molecule has 4 rings (SSSR count). The average molecular weight is 458 g/mol. The smallest absolute Gasteiger partial charge is 0.345 e. The summed E-state index contributed by atoms with van der Waals surface area (Å²) in [6, 6.07) is 3.92. The summed E-state index contributed by atoms with van der Waals surface area (Å²) in [7, 11) is 0. The fourth-order valence-electron chi connectivity index (χ4n) is 3.55. The summed E-state index contributed by atoms with van der Waals surface area (Å²) < 4.78 is 53.2. The number of hydrogen-bond acceptors (Lipinski definition) is 6. The highest BCUT2D eigenvalue weighted by Crippen LogP contribution is 2.43. The van der Waals surface area contributed by atoms with Gasteiger partial charge in [-0.05, 0) is 38.0 Å². The molecule has 0 spiro atoms. The van der Waals surface area contributed by atoms with Gasteiger partial charge < -0.3 is 19.2 Å². The number of carbonyl (C=O) groups is 1. The lowest BCUT2D eigenvalue weighted by Crippen LogP contribution is -2.39. The van der Waals surface area contributed by atoms with Crippen LogP contribution in [0.3, 0.4) is 0 Å². The third kappa shape index (κ3) is 4.85. The van der Waals surface area contributed by atoms with Crippen LogP contribution in [0.5, 0.6) is 5.75 Å². The van der Waals surface area contributed by atoms with E-state index in [0.717, 1.165) is 6.07 Å². The Labute approximate surface area is 180 Å². The molecule has 1 aromatic heterocycles. The Morgan fingerprint density at radius 3 is 2.81 bits per heavy atom. The summed E-state index contributed by atoms with van der Waals surface area (Å²) in [5.41, 5.74) is 0.142. The number of hydrogen-bond donors (Lipinski definition) is 1. The molecule has 31 heavy (non-hydrogen) atoms. The number of alkyl halides is 2. The topological polar surface area (TPSA) is 86.5 Å². The van der Waals surface area contributed by atoms with Crippen LogP contribution in [0, 0.1) is 5.82 Å². The minimum Gasteiger partial charge on any atom is -0.484 e. The summed E-state index contributed by atoms with van der Waals surface area (Å²) in [6.45, 7) is -1.19. The van der Waals surface area contributed by atoms with Crippen molar-refractivity contribution in [2.75, 3.05) is 6.61 Å². The predicted molar refractivity (Wildman–Crippen MR) is 102 cm³/mol. The van der Waals surface area contributed by atoms with Gasteiger partial charge in [0.2, 0.25) is 11.8 Å². The van der Waals surface area contributed by atoms with Crippen LogP contribution in [-0.2, 0) is 14.9 Å². The standard InChI is InChI=1S/C20H19ClF3N3O4/c1-20(18-27-26-17(31-18)10-4-13(5-10)30-19(23)24)7-11(8-20)25-16(28)9-29-12-2-3-14(21)15(22)6-12/h2-3,6-7,10,13,19H,4-5,8-9H2,1H3,(H,25,28). The number of nitrogens with zero attached hydrogens (tertiary/aromatic N) is 2. The Bertz CT molecular complexity index is 1010. The van der Waals surface area contributed by atoms with Crippen LogP contribution in [-0.4, -0.2) is 35.4 Å². The van der Waals surface area contributed by atoms with Crippen molar-refractivity contribution < 1.29 is 31.9 Å². The van der Waals surface area contributed by atoms with Crippen LogP contribution >= 0.6 is 11.6 Å². The molecule has 1 N–H and O–H groups in total. The van der Waals surface area contributed by atoms with Gasteiger partial charge in [0.15, 0.2) is 6.61 Å². The van der Waals surface area contributed by atoms with Crippen molar-refractivity contribution in [3.8, 4) is 5.75 Å². The minimum absolute atomic E-state index is 0.0292. The van der Waals surface area contributed by atoms with Crippen molar-refractivity contribution in [2.45, 2.75) is 50.2 Å². The predicted octanol–water partition coefficient (Wildman–Crippen LogP) is 4.09. The SMILES string of the molecule is CC1(c2nnc(C3CC(OC(F)F)C3)o2)C=C(NC(=O)COc2ccc(Cl)c(F)c2)C1. The van der Waals surface area contributed by atoms with Crippen LogP contribution in [0.15, 0.2) is 34.4 Å². The van der Waals surface area contributed by atoms with Crippen LogP contribution < -0.4 is 10.1 Å². The van der Waals surface area contributed by atoms with Gasteiger partial charge in [0.1, 0.15) is 11.6 Å². The van der Waals surface area contributed by atoms with Gasteiger partial charge in [-0.1, -0.05) is 11.6 Å². The average Bonchev–Trinajstić information content (AvgIpc) is 3.14. The number of nitrogens with one attached hydrogen (secondary N) is 1. The Hall–Kier alpha value is -2.59. The number of halogens is 4. The molecule has 1 heterocycles. The van der Waals surface area contributed by atoms with Crippen molar-refractivity contribution >= 4 is 17.5 Å². The fraction of sp³-hybridized carbons (Fsp3) is 0.450. The molecule has 1 fully saturated rings. The van der Waals surface area contributed by atoms with E-state index in [-0.39, 0.29) is 23.3 Å². The summed E-state index contributed by atoms with van der Waals surface area (Å²) in [6.07, 6.45) is 2.60. The van der Waals surface area contributed by atoms with Gasteiger partial charge in [0, 0.05) is 24.1 Å². The quantitative estimate of drug-likeness (QED) is 0.642. The number of rotatable bonds is 8. The van der Waals surface area contributed by atoms with Crippen molar-refractivity contribution in [1.29, 1.82) is 0 Å². The van der Waals surface area contributed by atoms with Gasteiger partial charge in [0.25, 0.3) is 5.91 Å². The van der Waals surface area contributed by atoms with Gasteiger partial charge in [-0.2, -0.15) is 8.78 Å². The van der Waals surface area contributed by atoms with E-state index >= 15 is 0 Å². The summed E-state index contributed by atoms with van der Waals surface area (Å²) in [5.74, 6) is -0.123. The number of allylic oxidation sites excluding steroid dienone is 2. The van der Waals surface area contributed by atoms with E-state index in [0.29, 0.717) is 36.7 Å². The summed E-state index contributed by atoms with van der Waals surface area (Å²) in [5, 5.41) is 10.8. The molecular weight excluding hydrogens is 439 g/mol. The van der Waals surface area contributed by atoms with Gasteiger partial charge in [-0.3, -0.25) is 4.79 Å². The second-order valence-electron chi connectivity index (χ2n) is 7.81. The van der Waals surface area contributed by atoms with E-state index in [4.69, 9.17) is 20.8 Å². The molecule has 2 aromatic rings. The monoisotopic (exact) mass is 457 g/mol. The fourth-order valence-corrected chi connectivity index (χ4v) is 3.67. The maximum Gasteiger partial charge on any atom is 0.345 e. The molecule has 2 aliphatic carbocycles. The second-order valence-corrected chi connectivity index (χ2v) is 8.22. The molecule has 2 aliphatic rings. The highest BCUT2D eigenvalue weighted by atomic mass is 35.5. The zero-order chi connectivity index (χ0) is 22.2. The van der Waals surface area contributed by atoms with Gasteiger partial charge in [-0.25, -0.2) is 4.39 Å². The van der Waals surface area contributed by atoms with E-state index in [1.165, 1.54) is 12.1 Å². The van der Waals surface area contributed by atoms with Crippen molar-refractivity contribution in [3.05, 3.63) is 52.6 Å². The number of benzene rings is 1. The third-order valence-electron chi connectivity index (χ3n) is 5.28. The first kappa shape index (κ1) is 21.6. The molecule has 1 aromatic carbocycles. The number of aromatic nitrogens is 2. The summed E-state index contributed by atoms with van der Waals surface area (Å²) in [4.78, 5) is 12.1. The molecule has 1 amide bonds. The Kier molecular flexibility index (Phi) is 5.94. The molecule has 1 atom stereocenters. The van der Waals surface area contributed by atoms with Gasteiger partial charge >= 0.3 is 6.61 Å². The van der Waals surface area contributed by atoms with Gasteiger partial charge in [-0.15, -0.1) is 10.2 Å². The highest BCUT2D eigenvalue weighted by molar-refractivity contribution is 6.30. The highest BCUT2D eigenvalue weighted by Gasteiger charge is 2.42. The maximum atomic E-state index is 13.4. The van der Waals surface area contributed by atoms with Crippen LogP contribution in [0.2, 0.25) is 5.02 Å². The first-order valence-corrected chi connectivity index (χ1v) is 9.96. The number of carbonyl (C=O) groups excluding carboxylic acids is 1. The molecule has 0 radical (unpaired) electrons. The van der Waals surface area contributed by atoms with E-state index in [9.17, 15) is 18.0 Å². The van der Waals surface area contributed by atoms with Crippen LogP contribution in [0.25, 0.3) is 0 Å². The van der Waals surface area contributed by atoms with Crippen molar-refractivity contribution in [2.24, 2.45) is 0 Å². The summed E-state index contributed by atoms with van der Waals surface area (Å²) >= 11 is 5.60. The van der Waals surface area contributed by atoms with Crippen molar-refractivity contribution in [1.82, 2.24) is 15.5 Å². The lowest BCUT2D eigenvalue weighted by molar-refractivity contribution is -0.185. The zero-order valence-electron chi connectivity index (χ0n) is 16.4. The lowest BCUT2D eigenvalue weighted by atomic mass is 9.75. The van der Waals surface area contributed by atoms with E-state index in [1.807, 2.05) is 6.92 Å². The second kappa shape index (κ2) is 8.51. The molecule has 7 nitrogen and oxygen atoms in total. The van der Waals surface area contributed by atoms with Crippen molar-refractivity contribution in [3.63, 3.8) is 0 Å². The largest absolute Gasteiger partial charge is 0.484 e. The molecular formula is C20H19ClF3N3O4. The molecule has 1 saturated carbocycles. The van der Waals surface area contributed by atoms with Crippen LogP contribution in [0.1, 0.15) is 43.9 Å². The first-order chi connectivity index (χ1) is 14.7. The number of ether oxygens (including phenoxy) is 2. The minimum atomic E-state index is -2.78. The number of amides is 1. The van der Waals surface area contributed by atoms with E-state index in [2.05, 4.69) is 20.3 Å². The van der Waals surface area contributed by atoms with Gasteiger partial charge in [0.05, 0.1) is 16.5 Å². The van der Waals surface area contributed by atoms with Crippen LogP contribution in [0.4, 0.5) is 13.2 Å². The zero-order valence-corrected chi connectivity index (χ0v) is 17.2. The van der Waals surface area contributed by atoms with E-state index < -0.39 is 29.9 Å². The lowest BCUT2D eigenvalue weighted by Gasteiger charge is -2.34. The Morgan fingerprint density at radius 2 is 2.13 bits per heavy atom. The molecule has 0 aliphatic heterocycles. The molecule has 11 heteroatoms. The van der Waals surface area contributed by atoms with E-state index in [1.54, 1.807) is 6.08 Å².